The number of nitrogen functional groups attached to an aromatic ring is 1. The molecule has 2 rings (SSSR count). The fourth-order valence-corrected chi connectivity index (χ4v) is 3.02. The molecule has 0 spiro atoms. The molecule has 2 aromatic rings. The molecule has 3 N–H and O–H groups in total. The fraction of sp³-hybridized carbons (Fsp3) is 0.375. The van der Waals surface area contributed by atoms with Crippen LogP contribution in [0, 0.1) is 12.3 Å². The maximum Gasteiger partial charge on any atom is 0.140 e. The van der Waals surface area contributed by atoms with E-state index in [4.69, 9.17) is 15.9 Å². The van der Waals surface area contributed by atoms with E-state index in [1.165, 1.54) is 11.3 Å². The van der Waals surface area contributed by atoms with Crippen molar-refractivity contribution in [1.29, 1.82) is 5.41 Å². The smallest absolute Gasteiger partial charge is 0.140 e. The Kier molecular flexibility index (Phi) is 4.32. The summed E-state index contributed by atoms with van der Waals surface area (Å²) in [5.74, 6) is 0.895. The minimum atomic E-state index is -0.140. The minimum Gasteiger partial charge on any atom is -0.486 e. The first kappa shape index (κ1) is 15.5. The van der Waals surface area contributed by atoms with Crippen molar-refractivity contribution in [1.82, 2.24) is 4.98 Å². The number of nitrogens with zero attached hydrogens (tertiary/aromatic N) is 1. The molecule has 0 bridgehead atoms. The third-order valence-corrected chi connectivity index (χ3v) is 4.04. The maximum absolute atomic E-state index is 7.70. The summed E-state index contributed by atoms with van der Waals surface area (Å²) in [6.45, 7) is 8.63. The molecule has 0 saturated carbocycles. The zero-order chi connectivity index (χ0) is 15.6. The van der Waals surface area contributed by atoms with Gasteiger partial charge in [-0.15, -0.1) is 11.3 Å². The second-order valence-corrected chi connectivity index (χ2v) is 7.14. The third kappa shape index (κ3) is 3.82. The Hall–Kier alpha value is -1.88. The summed E-state index contributed by atoms with van der Waals surface area (Å²) >= 11 is 1.43. The minimum absolute atomic E-state index is 0.0687. The highest BCUT2D eigenvalue weighted by molar-refractivity contribution is 7.13. The van der Waals surface area contributed by atoms with Gasteiger partial charge in [-0.2, -0.15) is 0 Å². The molecule has 4 nitrogen and oxygen atoms in total. The largest absolute Gasteiger partial charge is 0.486 e. The molecule has 0 aliphatic rings. The number of thiazole rings is 1. The molecule has 0 fully saturated rings. The molecule has 0 atom stereocenters. The van der Waals surface area contributed by atoms with Gasteiger partial charge in [0.05, 0.1) is 10.6 Å². The van der Waals surface area contributed by atoms with Crippen LogP contribution in [0.1, 0.15) is 41.9 Å². The highest BCUT2D eigenvalue weighted by Gasteiger charge is 2.24. The van der Waals surface area contributed by atoms with E-state index in [0.717, 1.165) is 26.9 Å². The molecular weight excluding hydrogens is 282 g/mol. The molecule has 0 aliphatic carbocycles. The SMILES string of the molecule is Cc1cccc(OCc2nc(C(C)(C)C)c(C(=N)N)s2)c1. The number of ether oxygens (including phenoxy) is 1. The van der Waals surface area contributed by atoms with E-state index < -0.39 is 0 Å². The van der Waals surface area contributed by atoms with Gasteiger partial charge in [0.15, 0.2) is 0 Å². The van der Waals surface area contributed by atoms with Crippen LogP contribution in [0.25, 0.3) is 0 Å². The molecule has 0 radical (unpaired) electrons. The molecule has 0 aliphatic heterocycles. The van der Waals surface area contributed by atoms with Gasteiger partial charge < -0.3 is 10.5 Å². The monoisotopic (exact) mass is 303 g/mol. The summed E-state index contributed by atoms with van der Waals surface area (Å²) in [6.07, 6.45) is 0. The van der Waals surface area contributed by atoms with Crippen LogP contribution >= 0.6 is 11.3 Å². The molecular formula is C16H21N3OS. The number of aromatic nitrogens is 1. The predicted molar refractivity (Wildman–Crippen MR) is 87.3 cm³/mol. The standard InChI is InChI=1S/C16H21N3OS/c1-10-6-5-7-11(8-10)20-9-12-19-14(16(2,3)4)13(21-12)15(17)18/h5-8H,9H2,1-4H3,(H3,17,18). The van der Waals surface area contributed by atoms with Crippen LogP contribution in [0.3, 0.4) is 0 Å². The second kappa shape index (κ2) is 5.85. The van der Waals surface area contributed by atoms with Gasteiger partial charge in [0.2, 0.25) is 0 Å². The van der Waals surface area contributed by atoms with Crippen LogP contribution in [0.5, 0.6) is 5.75 Å². The van der Waals surface area contributed by atoms with Crippen molar-refractivity contribution >= 4 is 17.2 Å². The number of hydrogen-bond acceptors (Lipinski definition) is 4. The molecule has 5 heteroatoms. The number of aryl methyl sites for hydroxylation is 1. The van der Waals surface area contributed by atoms with Gasteiger partial charge in [-0.25, -0.2) is 4.98 Å². The first-order chi connectivity index (χ1) is 9.77. The molecule has 0 saturated heterocycles. The zero-order valence-corrected chi connectivity index (χ0v) is 13.7. The molecule has 21 heavy (non-hydrogen) atoms. The second-order valence-electron chi connectivity index (χ2n) is 6.05. The van der Waals surface area contributed by atoms with Crippen molar-refractivity contribution in [2.75, 3.05) is 0 Å². The van der Waals surface area contributed by atoms with Crippen LogP contribution in [0.15, 0.2) is 24.3 Å². The van der Waals surface area contributed by atoms with Crippen LogP contribution in [-0.2, 0) is 12.0 Å². The number of rotatable bonds is 4. The Labute approximate surface area is 129 Å². The van der Waals surface area contributed by atoms with Gasteiger partial charge in [-0.05, 0) is 24.6 Å². The Morgan fingerprint density at radius 2 is 2.10 bits per heavy atom. The van der Waals surface area contributed by atoms with Crippen molar-refractivity contribution in [2.45, 2.75) is 39.7 Å². The Morgan fingerprint density at radius 3 is 2.62 bits per heavy atom. The van der Waals surface area contributed by atoms with E-state index in [0.29, 0.717) is 6.61 Å². The number of amidine groups is 1. The average Bonchev–Trinajstić information content (AvgIpc) is 2.81. The third-order valence-electron chi connectivity index (χ3n) is 2.98. The molecule has 1 aromatic carbocycles. The summed E-state index contributed by atoms with van der Waals surface area (Å²) in [4.78, 5) is 5.35. The Morgan fingerprint density at radius 1 is 1.38 bits per heavy atom. The van der Waals surface area contributed by atoms with Gasteiger partial charge >= 0.3 is 0 Å². The number of nitrogens with one attached hydrogen (secondary N) is 1. The predicted octanol–water partition coefficient (Wildman–Crippen LogP) is 3.61. The summed E-state index contributed by atoms with van der Waals surface area (Å²) in [6, 6.07) is 7.91. The lowest BCUT2D eigenvalue weighted by atomic mass is 9.91. The van der Waals surface area contributed by atoms with Crippen molar-refractivity contribution in [3.8, 4) is 5.75 Å². The van der Waals surface area contributed by atoms with Crippen molar-refractivity contribution < 1.29 is 4.74 Å². The zero-order valence-electron chi connectivity index (χ0n) is 12.9. The molecule has 1 aromatic heterocycles. The molecule has 0 unspecified atom stereocenters. The quantitative estimate of drug-likeness (QED) is 0.669. The van der Waals surface area contributed by atoms with E-state index in [2.05, 4.69) is 25.8 Å². The van der Waals surface area contributed by atoms with Gasteiger partial charge in [0.1, 0.15) is 23.2 Å². The van der Waals surface area contributed by atoms with Gasteiger partial charge in [0.25, 0.3) is 0 Å². The van der Waals surface area contributed by atoms with Gasteiger partial charge in [-0.1, -0.05) is 32.9 Å². The Balaban J connectivity index is 2.20. The van der Waals surface area contributed by atoms with Crippen LogP contribution in [0.2, 0.25) is 0 Å². The van der Waals surface area contributed by atoms with Crippen LogP contribution in [-0.4, -0.2) is 10.8 Å². The van der Waals surface area contributed by atoms with E-state index in [1.54, 1.807) is 0 Å². The van der Waals surface area contributed by atoms with Gasteiger partial charge in [-0.3, -0.25) is 5.41 Å². The van der Waals surface area contributed by atoms with Gasteiger partial charge in [0, 0.05) is 5.41 Å². The first-order valence-electron chi connectivity index (χ1n) is 6.81. The maximum atomic E-state index is 7.70. The first-order valence-corrected chi connectivity index (χ1v) is 7.63. The average molecular weight is 303 g/mol. The molecule has 112 valence electrons. The molecule has 1 heterocycles. The summed E-state index contributed by atoms with van der Waals surface area (Å²) in [7, 11) is 0. The normalized spacial score (nSPS) is 11.4. The van der Waals surface area contributed by atoms with E-state index >= 15 is 0 Å². The number of benzene rings is 1. The highest BCUT2D eigenvalue weighted by Crippen LogP contribution is 2.30. The van der Waals surface area contributed by atoms with Crippen molar-refractivity contribution in [2.24, 2.45) is 5.73 Å². The topological polar surface area (TPSA) is 72.0 Å². The van der Waals surface area contributed by atoms with Crippen molar-refractivity contribution in [3.63, 3.8) is 0 Å². The lowest BCUT2D eigenvalue weighted by molar-refractivity contribution is 0.304. The lowest BCUT2D eigenvalue weighted by Crippen LogP contribution is -2.19. The fourth-order valence-electron chi connectivity index (χ4n) is 1.97. The number of nitrogens with two attached hydrogens (primary N) is 1. The lowest BCUT2D eigenvalue weighted by Gasteiger charge is -2.16. The summed E-state index contributed by atoms with van der Waals surface area (Å²) in [5, 5.41) is 8.54. The Bertz CT molecular complexity index is 656. The summed E-state index contributed by atoms with van der Waals surface area (Å²) < 4.78 is 5.77. The molecule has 0 amide bonds. The summed E-state index contributed by atoms with van der Waals surface area (Å²) in [5.41, 5.74) is 7.55. The van der Waals surface area contributed by atoms with Crippen LogP contribution < -0.4 is 10.5 Å². The van der Waals surface area contributed by atoms with Crippen molar-refractivity contribution in [3.05, 3.63) is 45.4 Å². The van der Waals surface area contributed by atoms with E-state index in [1.807, 2.05) is 31.2 Å². The van der Waals surface area contributed by atoms with E-state index in [-0.39, 0.29) is 11.3 Å². The highest BCUT2D eigenvalue weighted by atomic mass is 32.1. The number of hydrogen-bond donors (Lipinski definition) is 2. The van der Waals surface area contributed by atoms with Crippen LogP contribution in [0.4, 0.5) is 0 Å². The van der Waals surface area contributed by atoms with E-state index in [9.17, 15) is 0 Å².